The van der Waals surface area contributed by atoms with Gasteiger partial charge in [0.25, 0.3) is 0 Å². The molecule has 0 aliphatic heterocycles. The number of aliphatic imine (C=N–C) groups is 1. The summed E-state index contributed by atoms with van der Waals surface area (Å²) in [5.74, 6) is 0. The first-order valence-corrected chi connectivity index (χ1v) is 5.91. The van der Waals surface area contributed by atoms with Crippen molar-refractivity contribution < 1.29 is 4.79 Å². The molecule has 15 heavy (non-hydrogen) atoms. The molecular formula is C12H10BrNO. The van der Waals surface area contributed by atoms with Crippen LogP contribution in [0, 0.1) is 0 Å². The second kappa shape index (κ2) is 3.03. The Bertz CT molecular complexity index is 479. The first-order chi connectivity index (χ1) is 7.26. The number of isocyanates is 1. The lowest BCUT2D eigenvalue weighted by Gasteiger charge is -2.08. The van der Waals surface area contributed by atoms with E-state index in [4.69, 9.17) is 0 Å². The van der Waals surface area contributed by atoms with Crippen molar-refractivity contribution in [3.63, 3.8) is 0 Å². The van der Waals surface area contributed by atoms with Crippen LogP contribution in [0.3, 0.4) is 0 Å². The highest BCUT2D eigenvalue weighted by Gasteiger charge is 2.58. The molecule has 2 aliphatic carbocycles. The van der Waals surface area contributed by atoms with Gasteiger partial charge >= 0.3 is 0 Å². The van der Waals surface area contributed by atoms with Crippen LogP contribution in [-0.2, 0) is 16.6 Å². The van der Waals surface area contributed by atoms with Crippen LogP contribution in [0.4, 0.5) is 0 Å². The van der Waals surface area contributed by atoms with E-state index < -0.39 is 0 Å². The van der Waals surface area contributed by atoms with E-state index in [0.717, 1.165) is 23.7 Å². The molecule has 1 saturated carbocycles. The van der Waals surface area contributed by atoms with Crippen LogP contribution in [0.2, 0.25) is 0 Å². The third-order valence-electron chi connectivity index (χ3n) is 3.69. The summed E-state index contributed by atoms with van der Waals surface area (Å²) in [6.07, 6.45) is 4.96. The van der Waals surface area contributed by atoms with Crippen LogP contribution < -0.4 is 0 Å². The third-order valence-corrected chi connectivity index (χ3v) is 4.18. The Morgan fingerprint density at radius 3 is 3.20 bits per heavy atom. The Kier molecular flexibility index (Phi) is 1.88. The zero-order valence-electron chi connectivity index (χ0n) is 8.16. The molecule has 0 bridgehead atoms. The summed E-state index contributed by atoms with van der Waals surface area (Å²) in [7, 11) is 0. The van der Waals surface area contributed by atoms with Gasteiger partial charge in [0.2, 0.25) is 6.08 Å². The van der Waals surface area contributed by atoms with Crippen molar-refractivity contribution in [2.45, 2.75) is 30.7 Å². The van der Waals surface area contributed by atoms with Crippen molar-refractivity contribution in [2.75, 3.05) is 0 Å². The number of aryl methyl sites for hydroxylation is 1. The number of nitrogens with zero attached hydrogens (tertiary/aromatic N) is 1. The van der Waals surface area contributed by atoms with Crippen molar-refractivity contribution in [1.82, 2.24) is 0 Å². The van der Waals surface area contributed by atoms with Crippen LogP contribution in [-0.4, -0.2) is 12.1 Å². The second-order valence-electron chi connectivity index (χ2n) is 4.40. The summed E-state index contributed by atoms with van der Waals surface area (Å²) in [5.41, 5.74) is 3.00. The van der Waals surface area contributed by atoms with Crippen molar-refractivity contribution in [3.05, 3.63) is 33.8 Å². The van der Waals surface area contributed by atoms with Gasteiger partial charge in [-0.1, -0.05) is 22.0 Å². The van der Waals surface area contributed by atoms with Crippen molar-refractivity contribution >= 4 is 22.0 Å². The summed E-state index contributed by atoms with van der Waals surface area (Å²) in [6, 6.07) is 6.63. The van der Waals surface area contributed by atoms with Gasteiger partial charge in [-0.15, -0.1) is 0 Å². The Morgan fingerprint density at radius 1 is 1.53 bits per heavy atom. The van der Waals surface area contributed by atoms with Crippen molar-refractivity contribution in [3.8, 4) is 0 Å². The molecule has 0 heterocycles. The minimum atomic E-state index is 0.188. The maximum absolute atomic E-state index is 10.3. The lowest BCUT2D eigenvalue weighted by Crippen LogP contribution is -2.06. The number of fused-ring (bicyclic) bond motifs is 2. The van der Waals surface area contributed by atoms with Gasteiger partial charge in [-0.25, -0.2) is 9.79 Å². The molecule has 0 N–H and O–H groups in total. The van der Waals surface area contributed by atoms with E-state index in [1.165, 1.54) is 11.1 Å². The van der Waals surface area contributed by atoms with Gasteiger partial charge in [-0.05, 0) is 42.5 Å². The van der Waals surface area contributed by atoms with Crippen LogP contribution in [0.5, 0.6) is 0 Å². The van der Waals surface area contributed by atoms with Crippen LogP contribution in [0.1, 0.15) is 24.0 Å². The molecule has 1 fully saturated rings. The highest BCUT2D eigenvalue weighted by molar-refractivity contribution is 9.10. The minimum absolute atomic E-state index is 0.188. The first-order valence-electron chi connectivity index (χ1n) is 5.12. The summed E-state index contributed by atoms with van der Waals surface area (Å²) < 4.78 is 1.13. The van der Waals surface area contributed by atoms with Crippen LogP contribution >= 0.6 is 15.9 Å². The number of halogens is 1. The van der Waals surface area contributed by atoms with E-state index in [1.807, 2.05) is 0 Å². The van der Waals surface area contributed by atoms with Gasteiger partial charge in [-0.2, -0.15) is 0 Å². The molecule has 2 aliphatic rings. The maximum atomic E-state index is 10.3. The predicted molar refractivity (Wildman–Crippen MR) is 60.7 cm³/mol. The molecule has 1 aromatic rings. The minimum Gasteiger partial charge on any atom is -0.211 e. The van der Waals surface area contributed by atoms with Gasteiger partial charge in [0.15, 0.2) is 0 Å². The van der Waals surface area contributed by atoms with Crippen molar-refractivity contribution in [1.29, 1.82) is 0 Å². The van der Waals surface area contributed by atoms with Crippen molar-refractivity contribution in [2.24, 2.45) is 4.99 Å². The van der Waals surface area contributed by atoms with Crippen LogP contribution in [0.25, 0.3) is 0 Å². The molecule has 0 aromatic heterocycles. The van der Waals surface area contributed by atoms with Crippen LogP contribution in [0.15, 0.2) is 27.7 Å². The third kappa shape index (κ3) is 1.23. The number of benzene rings is 1. The molecule has 0 saturated heterocycles. The molecule has 1 aromatic carbocycles. The van der Waals surface area contributed by atoms with Gasteiger partial charge in [0.05, 0.1) is 6.04 Å². The zero-order valence-corrected chi connectivity index (χ0v) is 9.75. The average molecular weight is 264 g/mol. The topological polar surface area (TPSA) is 29.4 Å². The van der Waals surface area contributed by atoms with E-state index >= 15 is 0 Å². The highest BCUT2D eigenvalue weighted by atomic mass is 79.9. The zero-order chi connectivity index (χ0) is 10.5. The fourth-order valence-electron chi connectivity index (χ4n) is 2.82. The molecule has 76 valence electrons. The highest BCUT2D eigenvalue weighted by Crippen LogP contribution is 2.58. The molecule has 0 amide bonds. The first kappa shape index (κ1) is 9.32. The number of hydrogen-bond donors (Lipinski definition) is 0. The Morgan fingerprint density at radius 2 is 2.40 bits per heavy atom. The Hall–Kier alpha value is -0.920. The molecule has 3 rings (SSSR count). The average Bonchev–Trinajstić information content (AvgIpc) is 2.78. The maximum Gasteiger partial charge on any atom is 0.235 e. The molecule has 2 nitrogen and oxygen atoms in total. The predicted octanol–water partition coefficient (Wildman–Crippen LogP) is 2.74. The van der Waals surface area contributed by atoms with Gasteiger partial charge in [0, 0.05) is 9.89 Å². The van der Waals surface area contributed by atoms with E-state index in [0.29, 0.717) is 0 Å². The van der Waals surface area contributed by atoms with Gasteiger partial charge < -0.3 is 0 Å². The SMILES string of the molecule is O=C=N[C@H]1CC12CCc1cc(Br)ccc12. The summed E-state index contributed by atoms with van der Waals surface area (Å²) >= 11 is 3.48. The number of carbonyl (C=O) groups excluding carboxylic acids is 1. The number of hydrogen-bond acceptors (Lipinski definition) is 2. The number of rotatable bonds is 1. The Balaban J connectivity index is 2.03. The lowest BCUT2D eigenvalue weighted by molar-refractivity contribution is 0.559. The molecule has 1 unspecified atom stereocenters. The smallest absolute Gasteiger partial charge is 0.211 e. The lowest BCUT2D eigenvalue weighted by atomic mass is 9.98. The summed E-state index contributed by atoms with van der Waals surface area (Å²) in [4.78, 5) is 14.1. The van der Waals surface area contributed by atoms with E-state index in [9.17, 15) is 4.79 Å². The standard InChI is InChI=1S/C12H10BrNO/c13-9-1-2-10-8(5-9)3-4-12(10)6-11(12)14-7-15/h1-2,5,11H,3-4,6H2/t11-,12?/m0/s1. The van der Waals surface area contributed by atoms with E-state index in [2.05, 4.69) is 39.1 Å². The van der Waals surface area contributed by atoms with E-state index in [1.54, 1.807) is 6.08 Å². The largest absolute Gasteiger partial charge is 0.235 e. The molecule has 1 spiro atoms. The second-order valence-corrected chi connectivity index (χ2v) is 5.31. The molecular weight excluding hydrogens is 254 g/mol. The summed E-state index contributed by atoms with van der Waals surface area (Å²) in [6.45, 7) is 0. The monoisotopic (exact) mass is 263 g/mol. The van der Waals surface area contributed by atoms with Gasteiger partial charge in [-0.3, -0.25) is 0 Å². The van der Waals surface area contributed by atoms with Gasteiger partial charge in [0.1, 0.15) is 0 Å². The molecule has 0 radical (unpaired) electrons. The summed E-state index contributed by atoms with van der Waals surface area (Å²) in [5, 5.41) is 0. The quantitative estimate of drug-likeness (QED) is 0.566. The molecule has 2 atom stereocenters. The molecule has 3 heteroatoms. The van der Waals surface area contributed by atoms with E-state index in [-0.39, 0.29) is 11.5 Å². The normalized spacial score (nSPS) is 31.1. The fraction of sp³-hybridized carbons (Fsp3) is 0.417. The fourth-order valence-corrected chi connectivity index (χ4v) is 3.23. The Labute approximate surface area is 96.5 Å².